The maximum atomic E-state index is 6.32. The first-order valence-corrected chi connectivity index (χ1v) is 9.71. The quantitative estimate of drug-likeness (QED) is 0.791. The molecule has 2 heterocycles. The average molecular weight is 358 g/mol. The van der Waals surface area contributed by atoms with Crippen molar-refractivity contribution in [1.82, 2.24) is 5.32 Å². The summed E-state index contributed by atoms with van der Waals surface area (Å²) in [6.07, 6.45) is 2.07. The highest BCUT2D eigenvalue weighted by molar-refractivity contribution is 7.98. The Morgan fingerprint density at radius 3 is 2.95 bits per heavy atom. The molecule has 0 spiro atoms. The Morgan fingerprint density at radius 1 is 1.33 bits per heavy atom. The van der Waals surface area contributed by atoms with E-state index in [2.05, 4.69) is 17.4 Å². The normalized spacial score (nSPS) is 15.8. The molecule has 1 atom stereocenters. The Morgan fingerprint density at radius 2 is 2.19 bits per heavy atom. The van der Waals surface area contributed by atoms with E-state index in [1.54, 1.807) is 4.88 Å². The zero-order valence-corrected chi connectivity index (χ0v) is 14.9. The molecular weight excluding hydrogens is 341 g/mol. The summed E-state index contributed by atoms with van der Waals surface area (Å²) in [6.45, 7) is 0. The second-order valence-electron chi connectivity index (χ2n) is 5.16. The third-order valence-electron chi connectivity index (χ3n) is 3.79. The van der Waals surface area contributed by atoms with Crippen LogP contribution in [0.3, 0.4) is 0 Å². The summed E-state index contributed by atoms with van der Waals surface area (Å²) < 4.78 is 0. The number of halogens is 2. The topological polar surface area (TPSA) is 12.0 Å². The van der Waals surface area contributed by atoms with Gasteiger partial charge in [-0.3, -0.25) is 0 Å². The lowest BCUT2D eigenvalue weighted by atomic mass is 10.0. The van der Waals surface area contributed by atoms with Gasteiger partial charge < -0.3 is 5.32 Å². The number of thiophene rings is 1. The number of aryl methyl sites for hydroxylation is 1. The molecule has 21 heavy (non-hydrogen) atoms. The van der Waals surface area contributed by atoms with Crippen LogP contribution >= 0.6 is 46.3 Å². The van der Waals surface area contributed by atoms with E-state index in [0.29, 0.717) is 16.1 Å². The Balaban J connectivity index is 1.85. The molecule has 112 valence electrons. The lowest BCUT2D eigenvalue weighted by Crippen LogP contribution is -2.17. The molecule has 0 amide bonds. The summed E-state index contributed by atoms with van der Waals surface area (Å²) >= 11 is 16.4. The van der Waals surface area contributed by atoms with E-state index in [9.17, 15) is 0 Å². The van der Waals surface area contributed by atoms with Gasteiger partial charge in [0.25, 0.3) is 0 Å². The first kappa shape index (κ1) is 15.7. The molecule has 1 unspecified atom stereocenters. The second kappa shape index (κ2) is 6.93. The molecular formula is C16H17Cl2NS2. The molecule has 3 rings (SSSR count). The van der Waals surface area contributed by atoms with Crippen LogP contribution in [0.2, 0.25) is 10.0 Å². The minimum absolute atomic E-state index is 0.293. The number of likely N-dealkylation sites (N-methyl/N-ethyl adjacent to an activating group) is 1. The van der Waals surface area contributed by atoms with E-state index in [0.717, 1.165) is 17.7 Å². The molecule has 1 nitrogen and oxygen atoms in total. The summed E-state index contributed by atoms with van der Waals surface area (Å²) in [6, 6.07) is 8.52. The molecule has 1 N–H and O–H groups in total. The van der Waals surface area contributed by atoms with Gasteiger partial charge in [0.15, 0.2) is 0 Å². The molecule has 5 heteroatoms. The van der Waals surface area contributed by atoms with Crippen LogP contribution in [-0.2, 0) is 18.6 Å². The highest BCUT2D eigenvalue weighted by Gasteiger charge is 2.19. The van der Waals surface area contributed by atoms with Gasteiger partial charge in [0.05, 0.1) is 10.0 Å². The fraction of sp³-hybridized carbons (Fsp3) is 0.375. The van der Waals surface area contributed by atoms with Crippen LogP contribution in [0.25, 0.3) is 0 Å². The minimum atomic E-state index is 0.293. The van der Waals surface area contributed by atoms with Crippen LogP contribution in [0.5, 0.6) is 0 Å². The van der Waals surface area contributed by atoms with E-state index in [-0.39, 0.29) is 0 Å². The third kappa shape index (κ3) is 3.43. The van der Waals surface area contributed by atoms with Crippen molar-refractivity contribution in [3.8, 4) is 0 Å². The predicted molar refractivity (Wildman–Crippen MR) is 96.2 cm³/mol. The van der Waals surface area contributed by atoms with Gasteiger partial charge in [0, 0.05) is 21.5 Å². The number of rotatable bonds is 4. The first-order valence-electron chi connectivity index (χ1n) is 6.98. The van der Waals surface area contributed by atoms with Gasteiger partial charge in [0.2, 0.25) is 0 Å². The predicted octanol–water partition coefficient (Wildman–Crippen LogP) is 5.35. The van der Waals surface area contributed by atoms with E-state index in [1.165, 1.54) is 22.6 Å². The molecule has 2 aromatic rings. The Labute approximate surface area is 144 Å². The molecule has 1 aliphatic heterocycles. The van der Waals surface area contributed by atoms with Crippen LogP contribution < -0.4 is 5.32 Å². The number of nitrogens with one attached hydrogen (secondary N) is 1. The zero-order chi connectivity index (χ0) is 14.8. The molecule has 1 aliphatic rings. The summed E-state index contributed by atoms with van der Waals surface area (Å²) in [4.78, 5) is 2.96. The van der Waals surface area contributed by atoms with Gasteiger partial charge in [-0.15, -0.1) is 11.3 Å². The molecule has 0 radical (unpaired) electrons. The second-order valence-corrected chi connectivity index (χ2v) is 8.22. The van der Waals surface area contributed by atoms with Crippen LogP contribution in [0, 0.1) is 0 Å². The number of fused-ring (bicyclic) bond motifs is 1. The summed E-state index contributed by atoms with van der Waals surface area (Å²) in [5.74, 6) is 2.40. The largest absolute Gasteiger partial charge is 0.312 e. The molecule has 0 fully saturated rings. The Kier molecular flexibility index (Phi) is 5.18. The number of benzene rings is 1. The summed E-state index contributed by atoms with van der Waals surface area (Å²) in [7, 11) is 2.01. The molecule has 0 aliphatic carbocycles. The maximum Gasteiger partial charge on any atom is 0.0624 e. The van der Waals surface area contributed by atoms with E-state index in [4.69, 9.17) is 23.2 Å². The Bertz CT molecular complexity index is 616. The average Bonchev–Trinajstić information content (AvgIpc) is 2.92. The third-order valence-corrected chi connectivity index (χ3v) is 7.01. The summed E-state index contributed by atoms with van der Waals surface area (Å²) in [5, 5.41) is 4.73. The minimum Gasteiger partial charge on any atom is -0.312 e. The van der Waals surface area contributed by atoms with Crippen molar-refractivity contribution >= 4 is 46.3 Å². The van der Waals surface area contributed by atoms with Gasteiger partial charge in [0.1, 0.15) is 0 Å². The van der Waals surface area contributed by atoms with Gasteiger partial charge in [-0.2, -0.15) is 11.8 Å². The standard InChI is InChI=1S/C16H17Cl2NS2/c1-19-13(7-10-3-2-4-12(17)16(10)18)15-8-11-9-20-6-5-14(11)21-15/h2-4,8,13,19H,5-7,9H2,1H3. The van der Waals surface area contributed by atoms with Crippen molar-refractivity contribution in [2.45, 2.75) is 24.6 Å². The van der Waals surface area contributed by atoms with E-state index in [1.807, 2.05) is 42.3 Å². The Hall–Kier alpha value is -0.190. The van der Waals surface area contributed by atoms with Crippen molar-refractivity contribution < 1.29 is 0 Å². The van der Waals surface area contributed by atoms with Gasteiger partial charge >= 0.3 is 0 Å². The highest BCUT2D eigenvalue weighted by Crippen LogP contribution is 2.36. The first-order chi connectivity index (χ1) is 10.2. The van der Waals surface area contributed by atoms with Crippen molar-refractivity contribution in [3.05, 3.63) is 55.2 Å². The molecule has 0 bridgehead atoms. The van der Waals surface area contributed by atoms with E-state index < -0.39 is 0 Å². The van der Waals surface area contributed by atoms with Crippen molar-refractivity contribution in [1.29, 1.82) is 0 Å². The van der Waals surface area contributed by atoms with Crippen LogP contribution in [0.1, 0.15) is 26.9 Å². The van der Waals surface area contributed by atoms with Crippen LogP contribution in [0.15, 0.2) is 24.3 Å². The van der Waals surface area contributed by atoms with Gasteiger partial charge in [-0.05, 0) is 48.9 Å². The highest BCUT2D eigenvalue weighted by atomic mass is 35.5. The van der Waals surface area contributed by atoms with Crippen LogP contribution in [-0.4, -0.2) is 12.8 Å². The van der Waals surface area contributed by atoms with Crippen molar-refractivity contribution in [2.24, 2.45) is 0 Å². The fourth-order valence-corrected chi connectivity index (χ4v) is 5.50. The number of thioether (sulfide) groups is 1. The molecule has 1 aromatic heterocycles. The number of hydrogen-bond acceptors (Lipinski definition) is 3. The zero-order valence-electron chi connectivity index (χ0n) is 11.8. The van der Waals surface area contributed by atoms with Gasteiger partial charge in [-0.25, -0.2) is 0 Å². The smallest absolute Gasteiger partial charge is 0.0624 e. The lowest BCUT2D eigenvalue weighted by Gasteiger charge is -2.16. The SMILES string of the molecule is CNC(Cc1cccc(Cl)c1Cl)c1cc2c(s1)CCSC2. The van der Waals surface area contributed by atoms with Crippen molar-refractivity contribution in [2.75, 3.05) is 12.8 Å². The van der Waals surface area contributed by atoms with Crippen molar-refractivity contribution in [3.63, 3.8) is 0 Å². The molecule has 1 aromatic carbocycles. The maximum absolute atomic E-state index is 6.32. The van der Waals surface area contributed by atoms with E-state index >= 15 is 0 Å². The van der Waals surface area contributed by atoms with Gasteiger partial charge in [-0.1, -0.05) is 35.3 Å². The lowest BCUT2D eigenvalue weighted by molar-refractivity contribution is 0.602. The number of hydrogen-bond donors (Lipinski definition) is 1. The molecule has 0 saturated carbocycles. The summed E-state index contributed by atoms with van der Waals surface area (Å²) in [5.41, 5.74) is 2.62. The fourth-order valence-electron chi connectivity index (χ4n) is 2.61. The van der Waals surface area contributed by atoms with Crippen LogP contribution in [0.4, 0.5) is 0 Å². The molecule has 0 saturated heterocycles. The monoisotopic (exact) mass is 357 g/mol.